The Kier molecular flexibility index (Phi) is 31.6. The van der Waals surface area contributed by atoms with E-state index in [9.17, 15) is 17.3 Å². The highest BCUT2D eigenvalue weighted by Gasteiger charge is 2.02. The lowest BCUT2D eigenvalue weighted by Crippen LogP contribution is -2.32. The molecule has 0 atom stereocenters. The predicted molar refractivity (Wildman–Crippen MR) is 73.5 cm³/mol. The number of nitrogens with zero attached hydrogens (tertiary/aromatic N) is 1. The first-order valence-corrected chi connectivity index (χ1v) is 5.60. The number of morpholine rings is 1. The lowest BCUT2D eigenvalue weighted by atomic mass is 10.3. The summed E-state index contributed by atoms with van der Waals surface area (Å²) >= 11 is 0. The second-order valence-corrected chi connectivity index (χ2v) is 3.16. The highest BCUT2D eigenvalue weighted by Crippen LogP contribution is 1.89. The molecule has 8 N–H and O–H groups in total. The van der Waals surface area contributed by atoms with Crippen LogP contribution in [0.2, 0.25) is 0 Å². The van der Waals surface area contributed by atoms with Gasteiger partial charge in [-0.15, -0.1) is 0 Å². The fourth-order valence-electron chi connectivity index (χ4n) is 0.655. The SMILES string of the molecule is CN1CCOCC1.OB(O)F.OB(O)F.OB(O)F.OB(O)F. The predicted octanol–water partition coefficient (Wildman–Crippen LogP) is -4.35. The fourth-order valence-corrected chi connectivity index (χ4v) is 0.655. The second kappa shape index (κ2) is 23.8. The van der Waals surface area contributed by atoms with Crippen molar-refractivity contribution in [1.82, 2.24) is 4.90 Å². The molecular formula is C5H19B4F4NO9. The highest BCUT2D eigenvalue weighted by atomic mass is 19.1. The molecule has 0 radical (unpaired) electrons. The van der Waals surface area contributed by atoms with Crippen molar-refractivity contribution >= 4 is 29.6 Å². The molecule has 10 nitrogen and oxygen atoms in total. The van der Waals surface area contributed by atoms with Crippen LogP contribution in [0.4, 0.5) is 17.3 Å². The van der Waals surface area contributed by atoms with E-state index in [4.69, 9.17) is 44.9 Å². The first-order valence-electron chi connectivity index (χ1n) is 5.60. The molecule has 1 aliphatic heterocycles. The number of ether oxygens (including phenoxy) is 1. The first kappa shape index (κ1) is 30.5. The Morgan fingerprint density at radius 2 is 0.826 bits per heavy atom. The van der Waals surface area contributed by atoms with Gasteiger partial charge in [-0.2, -0.15) is 0 Å². The van der Waals surface area contributed by atoms with E-state index < -0.39 is 29.6 Å². The zero-order valence-corrected chi connectivity index (χ0v) is 12.1. The van der Waals surface area contributed by atoms with Gasteiger partial charge in [-0.05, 0) is 7.05 Å². The summed E-state index contributed by atoms with van der Waals surface area (Å²) in [5, 5.41) is 55.6. The molecule has 23 heavy (non-hydrogen) atoms. The smallest absolute Gasteiger partial charge is 0.398 e. The molecule has 0 aromatic rings. The summed E-state index contributed by atoms with van der Waals surface area (Å²) in [6.07, 6.45) is 0. The highest BCUT2D eigenvalue weighted by molar-refractivity contribution is 6.32. The van der Waals surface area contributed by atoms with Crippen molar-refractivity contribution in [3.63, 3.8) is 0 Å². The molecule has 0 unspecified atom stereocenters. The van der Waals surface area contributed by atoms with Gasteiger partial charge >= 0.3 is 29.6 Å². The van der Waals surface area contributed by atoms with E-state index in [1.165, 1.54) is 0 Å². The normalized spacial score (nSPS) is 12.4. The topological polar surface area (TPSA) is 174 Å². The molecular weight excluding hydrogens is 337 g/mol. The summed E-state index contributed by atoms with van der Waals surface area (Å²) in [4.78, 5) is 2.27. The number of halogens is 4. The van der Waals surface area contributed by atoms with E-state index >= 15 is 0 Å². The largest absolute Gasteiger partial charge is 0.674 e. The van der Waals surface area contributed by atoms with Crippen LogP contribution in [0.25, 0.3) is 0 Å². The molecule has 0 saturated carbocycles. The van der Waals surface area contributed by atoms with Crippen LogP contribution in [0.15, 0.2) is 0 Å². The number of hydrogen-bond donors (Lipinski definition) is 8. The van der Waals surface area contributed by atoms with Crippen molar-refractivity contribution in [2.75, 3.05) is 33.4 Å². The maximum Gasteiger partial charge on any atom is 0.674 e. The minimum absolute atomic E-state index is 0.913. The molecule has 0 aliphatic carbocycles. The van der Waals surface area contributed by atoms with Crippen LogP contribution in [-0.2, 0) is 4.74 Å². The third-order valence-corrected chi connectivity index (χ3v) is 1.23. The molecule has 1 heterocycles. The zero-order chi connectivity index (χ0) is 19.4. The molecule has 0 aromatic heterocycles. The Bertz CT molecular complexity index is 172. The van der Waals surface area contributed by atoms with E-state index in [1.54, 1.807) is 0 Å². The lowest BCUT2D eigenvalue weighted by molar-refractivity contribution is 0.0503. The second-order valence-electron chi connectivity index (χ2n) is 3.16. The van der Waals surface area contributed by atoms with E-state index in [1.807, 2.05) is 0 Å². The van der Waals surface area contributed by atoms with Crippen molar-refractivity contribution < 1.29 is 62.2 Å². The third kappa shape index (κ3) is 144. The van der Waals surface area contributed by atoms with Crippen LogP contribution in [0.3, 0.4) is 0 Å². The Labute approximate surface area is 131 Å². The van der Waals surface area contributed by atoms with Crippen molar-refractivity contribution in [2.45, 2.75) is 0 Å². The maximum absolute atomic E-state index is 10.1. The van der Waals surface area contributed by atoms with E-state index in [-0.39, 0.29) is 0 Å². The molecule has 0 spiro atoms. The van der Waals surface area contributed by atoms with Gasteiger partial charge in [-0.1, -0.05) is 0 Å². The Morgan fingerprint density at radius 3 is 0.913 bits per heavy atom. The van der Waals surface area contributed by atoms with Gasteiger partial charge in [-0.25, -0.2) is 0 Å². The van der Waals surface area contributed by atoms with Crippen LogP contribution < -0.4 is 0 Å². The molecule has 0 aromatic carbocycles. The summed E-state index contributed by atoms with van der Waals surface area (Å²) in [5.74, 6) is 0. The molecule has 138 valence electrons. The van der Waals surface area contributed by atoms with E-state index in [0.717, 1.165) is 26.3 Å². The fraction of sp³-hybridized carbons (Fsp3) is 1.00. The minimum atomic E-state index is -2.67. The number of likely N-dealkylation sites (N-methyl/N-ethyl adjacent to an activating group) is 1. The van der Waals surface area contributed by atoms with Gasteiger partial charge in [0.2, 0.25) is 0 Å². The Morgan fingerprint density at radius 1 is 0.652 bits per heavy atom. The summed E-state index contributed by atoms with van der Waals surface area (Å²) < 4.78 is 45.5. The average molecular weight is 356 g/mol. The van der Waals surface area contributed by atoms with Gasteiger partial charge in [-0.3, -0.25) is 17.3 Å². The van der Waals surface area contributed by atoms with E-state index in [0.29, 0.717) is 0 Å². The zero-order valence-electron chi connectivity index (χ0n) is 12.1. The van der Waals surface area contributed by atoms with Crippen molar-refractivity contribution in [1.29, 1.82) is 0 Å². The standard InChI is InChI=1S/C5H11NO.4BFH2O2/c1-6-2-4-7-5-3-6;4*2-1(3)4/h2-5H2,1H3;4*3-4H. The Balaban J connectivity index is -0.000000102. The van der Waals surface area contributed by atoms with Crippen molar-refractivity contribution in [3.8, 4) is 0 Å². The van der Waals surface area contributed by atoms with Crippen LogP contribution in [0.5, 0.6) is 0 Å². The van der Waals surface area contributed by atoms with Crippen LogP contribution in [-0.4, -0.2) is 108 Å². The van der Waals surface area contributed by atoms with Gasteiger partial charge in [0.05, 0.1) is 13.2 Å². The van der Waals surface area contributed by atoms with Gasteiger partial charge in [0, 0.05) is 13.1 Å². The van der Waals surface area contributed by atoms with Crippen molar-refractivity contribution in [3.05, 3.63) is 0 Å². The molecule has 1 aliphatic rings. The summed E-state index contributed by atoms with van der Waals surface area (Å²) in [7, 11) is -8.55. The first-order chi connectivity index (χ1) is 10.3. The van der Waals surface area contributed by atoms with E-state index in [2.05, 4.69) is 11.9 Å². The quantitative estimate of drug-likeness (QED) is 0.156. The van der Waals surface area contributed by atoms with Gasteiger partial charge in [0.25, 0.3) is 0 Å². The summed E-state index contributed by atoms with van der Waals surface area (Å²) in [6, 6.07) is 0. The molecule has 1 fully saturated rings. The van der Waals surface area contributed by atoms with Gasteiger partial charge < -0.3 is 49.8 Å². The molecule has 0 amide bonds. The van der Waals surface area contributed by atoms with Crippen LogP contribution in [0.1, 0.15) is 0 Å². The monoisotopic (exact) mass is 357 g/mol. The molecule has 1 saturated heterocycles. The molecule has 0 bridgehead atoms. The molecule has 1 rings (SSSR count). The number of rotatable bonds is 0. The van der Waals surface area contributed by atoms with Crippen LogP contribution in [0, 0.1) is 0 Å². The Hall–Kier alpha value is -0.420. The minimum Gasteiger partial charge on any atom is -0.398 e. The van der Waals surface area contributed by atoms with Crippen molar-refractivity contribution in [2.24, 2.45) is 0 Å². The maximum atomic E-state index is 10.1. The van der Waals surface area contributed by atoms with Crippen LogP contribution >= 0.6 is 0 Å². The summed E-state index contributed by atoms with van der Waals surface area (Å²) in [5.41, 5.74) is 0. The van der Waals surface area contributed by atoms with Gasteiger partial charge in [0.1, 0.15) is 0 Å². The average Bonchev–Trinajstić information content (AvgIpc) is 2.26. The van der Waals surface area contributed by atoms with Gasteiger partial charge in [0.15, 0.2) is 0 Å². The summed E-state index contributed by atoms with van der Waals surface area (Å²) in [6.45, 7) is 4.02. The lowest BCUT2D eigenvalue weighted by Gasteiger charge is -2.21. The number of hydrogen-bond acceptors (Lipinski definition) is 10. The molecule has 18 heteroatoms. The third-order valence-electron chi connectivity index (χ3n) is 1.23.